The van der Waals surface area contributed by atoms with Crippen molar-refractivity contribution in [3.8, 4) is 0 Å². The molecule has 9 heteroatoms. The van der Waals surface area contributed by atoms with Crippen LogP contribution in [0.5, 0.6) is 0 Å². The molecule has 0 saturated heterocycles. The van der Waals surface area contributed by atoms with Gasteiger partial charge in [-0.25, -0.2) is 4.79 Å². The normalized spacial score (nSPS) is 13.0. The summed E-state index contributed by atoms with van der Waals surface area (Å²) in [6, 6.07) is 4.24. The van der Waals surface area contributed by atoms with Gasteiger partial charge in [-0.15, -0.1) is 23.5 Å². The Morgan fingerprint density at radius 1 is 1.35 bits per heavy atom. The number of hydrogen-bond acceptors (Lipinski definition) is 8. The number of carbonyl (C=O) groups is 1. The van der Waals surface area contributed by atoms with E-state index >= 15 is 0 Å². The summed E-state index contributed by atoms with van der Waals surface area (Å²) in [4.78, 5) is 26.5. The van der Waals surface area contributed by atoms with Gasteiger partial charge < -0.3 is 9.84 Å². The summed E-state index contributed by atoms with van der Waals surface area (Å²) in [5.74, 6) is -0.640. The SMILES string of the molecule is CCOC(=O)C(N=C(SC)SC)C(O)c1ccc([N+](=O)[O-])cc1. The number of aliphatic hydroxyl groups excluding tert-OH is 1. The maximum atomic E-state index is 12.1. The number of aliphatic imine (C=N–C) groups is 1. The molecule has 7 nitrogen and oxygen atoms in total. The average molecular weight is 358 g/mol. The van der Waals surface area contributed by atoms with Crippen LogP contribution in [0.15, 0.2) is 29.3 Å². The molecular formula is C14H18N2O5S2. The van der Waals surface area contributed by atoms with Gasteiger partial charge in [0.25, 0.3) is 5.69 Å². The van der Waals surface area contributed by atoms with E-state index in [1.165, 1.54) is 47.8 Å². The maximum Gasteiger partial charge on any atom is 0.334 e. The second-order valence-corrected chi connectivity index (χ2v) is 6.14. The second kappa shape index (κ2) is 9.53. The van der Waals surface area contributed by atoms with Gasteiger partial charge >= 0.3 is 5.97 Å². The predicted molar refractivity (Wildman–Crippen MR) is 92.9 cm³/mol. The van der Waals surface area contributed by atoms with Gasteiger partial charge in [0.2, 0.25) is 0 Å². The number of esters is 1. The molecule has 23 heavy (non-hydrogen) atoms. The van der Waals surface area contributed by atoms with Crippen LogP contribution in [0.4, 0.5) is 5.69 Å². The highest BCUT2D eigenvalue weighted by molar-refractivity contribution is 8.38. The van der Waals surface area contributed by atoms with Crippen molar-refractivity contribution >= 4 is 39.6 Å². The molecule has 0 aliphatic rings. The number of carbonyl (C=O) groups excluding carboxylic acids is 1. The molecule has 0 saturated carbocycles. The fourth-order valence-electron chi connectivity index (χ4n) is 1.76. The van der Waals surface area contributed by atoms with Crippen LogP contribution in [0.2, 0.25) is 0 Å². The van der Waals surface area contributed by atoms with Crippen molar-refractivity contribution in [2.45, 2.75) is 19.1 Å². The molecule has 1 aromatic carbocycles. The lowest BCUT2D eigenvalue weighted by Gasteiger charge is -2.19. The van der Waals surface area contributed by atoms with Gasteiger partial charge in [-0.1, -0.05) is 0 Å². The summed E-state index contributed by atoms with van der Waals surface area (Å²) in [6.45, 7) is 1.84. The third-order valence-electron chi connectivity index (χ3n) is 2.87. The summed E-state index contributed by atoms with van der Waals surface area (Å²) < 4.78 is 5.59. The Morgan fingerprint density at radius 2 is 1.91 bits per heavy atom. The van der Waals surface area contributed by atoms with E-state index < -0.39 is 23.0 Å². The Balaban J connectivity index is 3.11. The molecule has 0 amide bonds. The lowest BCUT2D eigenvalue weighted by atomic mass is 10.0. The van der Waals surface area contributed by atoms with Gasteiger partial charge in [0.05, 0.1) is 11.5 Å². The zero-order valence-electron chi connectivity index (χ0n) is 13.0. The van der Waals surface area contributed by atoms with Crippen molar-refractivity contribution in [3.05, 3.63) is 39.9 Å². The van der Waals surface area contributed by atoms with Gasteiger partial charge in [0.15, 0.2) is 6.04 Å². The number of ether oxygens (including phenoxy) is 1. The molecule has 0 fully saturated rings. The molecule has 1 aromatic rings. The van der Waals surface area contributed by atoms with Crippen molar-refractivity contribution in [1.82, 2.24) is 0 Å². The number of non-ortho nitro benzene ring substituents is 1. The molecule has 0 aromatic heterocycles. The highest BCUT2D eigenvalue weighted by atomic mass is 32.2. The van der Waals surface area contributed by atoms with Crippen molar-refractivity contribution in [3.63, 3.8) is 0 Å². The molecule has 1 rings (SSSR count). The van der Waals surface area contributed by atoms with Gasteiger partial charge in [0, 0.05) is 12.1 Å². The minimum atomic E-state index is -1.25. The van der Waals surface area contributed by atoms with Crippen LogP contribution in [-0.2, 0) is 9.53 Å². The van der Waals surface area contributed by atoms with Gasteiger partial charge in [-0.2, -0.15) is 0 Å². The standard InChI is InChI=1S/C14H18N2O5S2/c1-4-21-13(18)11(15-14(22-2)23-3)12(17)9-5-7-10(8-6-9)16(19)20/h5-8,11-12,17H,4H2,1-3H3. The first-order valence-electron chi connectivity index (χ1n) is 6.69. The van der Waals surface area contributed by atoms with Crippen LogP contribution in [0.25, 0.3) is 0 Å². The van der Waals surface area contributed by atoms with E-state index in [9.17, 15) is 20.0 Å². The van der Waals surface area contributed by atoms with E-state index in [-0.39, 0.29) is 12.3 Å². The number of rotatable bonds is 6. The average Bonchev–Trinajstić information content (AvgIpc) is 2.55. The number of nitro groups is 1. The number of benzene rings is 1. The number of thioether (sulfide) groups is 2. The molecule has 0 bridgehead atoms. The Hall–Kier alpha value is -1.58. The molecule has 0 radical (unpaired) electrons. The van der Waals surface area contributed by atoms with Crippen LogP contribution in [0.3, 0.4) is 0 Å². The van der Waals surface area contributed by atoms with E-state index in [1.54, 1.807) is 6.92 Å². The van der Waals surface area contributed by atoms with Crippen LogP contribution >= 0.6 is 23.5 Å². The van der Waals surface area contributed by atoms with Crippen molar-refractivity contribution in [2.24, 2.45) is 4.99 Å². The maximum absolute atomic E-state index is 12.1. The Morgan fingerprint density at radius 3 is 2.35 bits per heavy atom. The molecule has 1 N–H and O–H groups in total. The Kier molecular flexibility index (Phi) is 8.07. The summed E-state index contributed by atoms with van der Waals surface area (Å²) in [6.07, 6.45) is 2.38. The van der Waals surface area contributed by atoms with Gasteiger partial charge in [0.1, 0.15) is 10.5 Å². The molecule has 0 heterocycles. The van der Waals surface area contributed by atoms with Crippen molar-refractivity contribution in [2.75, 3.05) is 19.1 Å². The number of hydrogen-bond donors (Lipinski definition) is 1. The lowest BCUT2D eigenvalue weighted by Crippen LogP contribution is -2.29. The van der Waals surface area contributed by atoms with E-state index in [4.69, 9.17) is 4.74 Å². The van der Waals surface area contributed by atoms with Crippen molar-refractivity contribution < 1.29 is 19.6 Å². The zero-order chi connectivity index (χ0) is 17.4. The molecule has 2 atom stereocenters. The first-order valence-corrected chi connectivity index (χ1v) is 9.14. The summed E-state index contributed by atoms with van der Waals surface area (Å²) >= 11 is 2.71. The lowest BCUT2D eigenvalue weighted by molar-refractivity contribution is -0.384. The first kappa shape index (κ1) is 19.5. The van der Waals surface area contributed by atoms with Gasteiger partial charge in [-0.05, 0) is 37.1 Å². The predicted octanol–water partition coefficient (Wildman–Crippen LogP) is 2.64. The largest absolute Gasteiger partial charge is 0.464 e. The molecule has 0 spiro atoms. The highest BCUT2D eigenvalue weighted by Crippen LogP contribution is 2.25. The molecule has 0 aliphatic carbocycles. The van der Waals surface area contributed by atoms with Crippen LogP contribution in [0.1, 0.15) is 18.6 Å². The fraction of sp³-hybridized carbons (Fsp3) is 0.429. The summed E-state index contributed by atoms with van der Waals surface area (Å²) in [7, 11) is 0. The minimum Gasteiger partial charge on any atom is -0.464 e. The second-order valence-electron chi connectivity index (χ2n) is 4.29. The number of nitrogens with zero attached hydrogens (tertiary/aromatic N) is 2. The molecule has 2 unspecified atom stereocenters. The Labute approximate surface area is 142 Å². The van der Waals surface area contributed by atoms with E-state index in [1.807, 2.05) is 12.5 Å². The van der Waals surface area contributed by atoms with Crippen LogP contribution in [0, 0.1) is 10.1 Å². The topological polar surface area (TPSA) is 102 Å². The molecular weight excluding hydrogens is 340 g/mol. The summed E-state index contributed by atoms with van der Waals surface area (Å²) in [5, 5.41) is 21.1. The van der Waals surface area contributed by atoms with E-state index in [0.29, 0.717) is 9.94 Å². The first-order chi connectivity index (χ1) is 10.9. The Bertz CT molecular complexity index is 571. The van der Waals surface area contributed by atoms with E-state index in [0.717, 1.165) is 0 Å². The number of nitro benzene ring substituents is 1. The quantitative estimate of drug-likeness (QED) is 0.274. The third kappa shape index (κ3) is 5.52. The van der Waals surface area contributed by atoms with Crippen LogP contribution in [-0.4, -0.2) is 45.5 Å². The monoisotopic (exact) mass is 358 g/mol. The van der Waals surface area contributed by atoms with Crippen LogP contribution < -0.4 is 0 Å². The molecule has 0 aliphatic heterocycles. The molecule has 126 valence electrons. The van der Waals surface area contributed by atoms with E-state index in [2.05, 4.69) is 4.99 Å². The highest BCUT2D eigenvalue weighted by Gasteiger charge is 2.30. The summed E-state index contributed by atoms with van der Waals surface area (Å²) in [5.41, 5.74) is 0.269. The minimum absolute atomic E-state index is 0.0916. The fourth-order valence-corrected chi connectivity index (χ4v) is 2.86. The van der Waals surface area contributed by atoms with Crippen molar-refractivity contribution in [1.29, 1.82) is 0 Å². The number of aliphatic hydroxyl groups is 1. The third-order valence-corrected chi connectivity index (χ3v) is 4.78. The zero-order valence-corrected chi connectivity index (χ0v) is 14.6. The van der Waals surface area contributed by atoms with Gasteiger partial charge in [-0.3, -0.25) is 15.1 Å². The smallest absolute Gasteiger partial charge is 0.334 e.